The number of benzene rings is 3. The Morgan fingerprint density at radius 2 is 1.60 bits per heavy atom. The largest absolute Gasteiger partial charge is 0.322 e. The molecule has 0 unspecified atom stereocenters. The minimum absolute atomic E-state index is 0.00765. The van der Waals surface area contributed by atoms with E-state index < -0.39 is 0 Å². The van der Waals surface area contributed by atoms with E-state index in [-0.39, 0.29) is 11.7 Å². The number of aromatic nitrogens is 1. The van der Waals surface area contributed by atoms with E-state index in [2.05, 4.69) is 24.4 Å². The van der Waals surface area contributed by atoms with Gasteiger partial charge in [-0.25, -0.2) is 4.98 Å². The van der Waals surface area contributed by atoms with E-state index in [1.54, 1.807) is 24.3 Å². The molecule has 4 heteroatoms. The molecule has 0 radical (unpaired) electrons. The molecule has 0 aliphatic rings. The van der Waals surface area contributed by atoms with Crippen molar-refractivity contribution in [3.63, 3.8) is 0 Å². The SMILES string of the molecule is CCc1ccc(-c2cc(C(=O)Nc3ccc(C(C)=O)cc3)c3ccccc3n2)cc1. The predicted octanol–water partition coefficient (Wildman–Crippen LogP) is 5.92. The number of carbonyl (C=O) groups is 2. The summed E-state index contributed by atoms with van der Waals surface area (Å²) in [7, 11) is 0. The molecule has 0 aliphatic carbocycles. The highest BCUT2D eigenvalue weighted by atomic mass is 16.1. The molecule has 0 atom stereocenters. The van der Waals surface area contributed by atoms with E-state index in [4.69, 9.17) is 4.98 Å². The maximum absolute atomic E-state index is 13.1. The number of hydrogen-bond donors (Lipinski definition) is 1. The van der Waals surface area contributed by atoms with Crippen LogP contribution in [0.5, 0.6) is 0 Å². The number of anilines is 1. The highest BCUT2D eigenvalue weighted by Gasteiger charge is 2.14. The van der Waals surface area contributed by atoms with Crippen LogP contribution in [-0.2, 0) is 6.42 Å². The molecule has 148 valence electrons. The molecule has 4 aromatic rings. The second-order valence-corrected chi connectivity index (χ2v) is 7.21. The summed E-state index contributed by atoms with van der Waals surface area (Å²) in [6.07, 6.45) is 0.974. The Kier molecular flexibility index (Phi) is 5.40. The summed E-state index contributed by atoms with van der Waals surface area (Å²) in [6, 6.07) is 24.6. The summed E-state index contributed by atoms with van der Waals surface area (Å²) in [6.45, 7) is 3.64. The van der Waals surface area contributed by atoms with Crippen molar-refractivity contribution in [2.45, 2.75) is 20.3 Å². The lowest BCUT2D eigenvalue weighted by Crippen LogP contribution is -2.13. The van der Waals surface area contributed by atoms with Crippen LogP contribution in [0.15, 0.2) is 78.9 Å². The standard InChI is InChI=1S/C26H22N2O2/c1-3-18-8-10-20(11-9-18)25-16-23(22-6-4-5-7-24(22)28-25)26(30)27-21-14-12-19(13-15-21)17(2)29/h4-16H,3H2,1-2H3,(H,27,30). The van der Waals surface area contributed by atoms with Crippen molar-refractivity contribution in [3.8, 4) is 11.3 Å². The molecule has 1 heterocycles. The lowest BCUT2D eigenvalue weighted by Gasteiger charge is -2.11. The smallest absolute Gasteiger partial charge is 0.256 e. The molecular weight excluding hydrogens is 372 g/mol. The molecule has 30 heavy (non-hydrogen) atoms. The van der Waals surface area contributed by atoms with Gasteiger partial charge in [-0.2, -0.15) is 0 Å². The average Bonchev–Trinajstić information content (AvgIpc) is 2.78. The zero-order chi connectivity index (χ0) is 21.1. The maximum Gasteiger partial charge on any atom is 0.256 e. The van der Waals surface area contributed by atoms with Crippen molar-refractivity contribution in [2.24, 2.45) is 0 Å². The van der Waals surface area contributed by atoms with E-state index in [1.165, 1.54) is 12.5 Å². The van der Waals surface area contributed by atoms with Crippen LogP contribution in [-0.4, -0.2) is 16.7 Å². The number of para-hydroxylation sites is 1. The fraction of sp³-hybridized carbons (Fsp3) is 0.115. The quantitative estimate of drug-likeness (QED) is 0.428. The summed E-state index contributed by atoms with van der Waals surface area (Å²) < 4.78 is 0. The second-order valence-electron chi connectivity index (χ2n) is 7.21. The van der Waals surface area contributed by atoms with Crippen molar-refractivity contribution in [3.05, 3.63) is 95.6 Å². The van der Waals surface area contributed by atoms with Gasteiger partial charge in [0.25, 0.3) is 5.91 Å². The molecule has 0 bridgehead atoms. The van der Waals surface area contributed by atoms with Gasteiger partial charge in [-0.1, -0.05) is 49.4 Å². The van der Waals surface area contributed by atoms with E-state index in [9.17, 15) is 9.59 Å². The average molecular weight is 394 g/mol. The van der Waals surface area contributed by atoms with Crippen LogP contribution < -0.4 is 5.32 Å². The van der Waals surface area contributed by atoms with Gasteiger partial charge in [0.1, 0.15) is 0 Å². The first-order chi connectivity index (χ1) is 14.5. The topological polar surface area (TPSA) is 59.1 Å². The second kappa shape index (κ2) is 8.29. The molecule has 0 saturated carbocycles. The number of amides is 1. The zero-order valence-corrected chi connectivity index (χ0v) is 17.0. The number of aryl methyl sites for hydroxylation is 1. The number of Topliss-reactive ketones (excluding diaryl/α,β-unsaturated/α-hetero) is 1. The van der Waals surface area contributed by atoms with E-state index in [0.29, 0.717) is 16.8 Å². The third-order valence-electron chi connectivity index (χ3n) is 5.17. The zero-order valence-electron chi connectivity index (χ0n) is 17.0. The number of pyridine rings is 1. The van der Waals surface area contributed by atoms with Crippen molar-refractivity contribution in [1.82, 2.24) is 4.98 Å². The van der Waals surface area contributed by atoms with Gasteiger partial charge in [0, 0.05) is 22.2 Å². The van der Waals surface area contributed by atoms with Crippen LogP contribution in [0, 0.1) is 0 Å². The van der Waals surface area contributed by atoms with Crippen LogP contribution in [0.2, 0.25) is 0 Å². The number of ketones is 1. The highest BCUT2D eigenvalue weighted by Crippen LogP contribution is 2.26. The van der Waals surface area contributed by atoms with Crippen LogP contribution in [0.25, 0.3) is 22.2 Å². The van der Waals surface area contributed by atoms with Gasteiger partial charge in [0.05, 0.1) is 16.8 Å². The summed E-state index contributed by atoms with van der Waals surface area (Å²) in [5.74, 6) is -0.220. The third-order valence-corrected chi connectivity index (χ3v) is 5.17. The molecule has 3 aromatic carbocycles. The summed E-state index contributed by atoms with van der Waals surface area (Å²) in [5, 5.41) is 3.73. The normalized spacial score (nSPS) is 10.7. The summed E-state index contributed by atoms with van der Waals surface area (Å²) in [4.78, 5) is 29.4. The van der Waals surface area contributed by atoms with E-state index >= 15 is 0 Å². The van der Waals surface area contributed by atoms with Gasteiger partial charge >= 0.3 is 0 Å². The minimum Gasteiger partial charge on any atom is -0.322 e. The van der Waals surface area contributed by atoms with Crippen LogP contribution in [0.4, 0.5) is 5.69 Å². The molecule has 0 saturated heterocycles. The molecule has 1 N–H and O–H groups in total. The van der Waals surface area contributed by atoms with Gasteiger partial charge in [0.2, 0.25) is 0 Å². The molecule has 1 aromatic heterocycles. The Bertz CT molecular complexity index is 1230. The lowest BCUT2D eigenvalue weighted by molar-refractivity contribution is 0.101. The van der Waals surface area contributed by atoms with Crippen LogP contribution in [0.1, 0.15) is 40.1 Å². The molecule has 4 rings (SSSR count). The number of nitrogens with zero attached hydrogens (tertiary/aromatic N) is 1. The van der Waals surface area contributed by atoms with Gasteiger partial charge in [0.15, 0.2) is 5.78 Å². The van der Waals surface area contributed by atoms with E-state index in [1.807, 2.05) is 42.5 Å². The highest BCUT2D eigenvalue weighted by molar-refractivity contribution is 6.13. The molecule has 4 nitrogen and oxygen atoms in total. The van der Waals surface area contributed by atoms with Crippen molar-refractivity contribution >= 4 is 28.3 Å². The number of fused-ring (bicyclic) bond motifs is 1. The third kappa shape index (κ3) is 3.98. The molecular formula is C26H22N2O2. The maximum atomic E-state index is 13.1. The Labute approximate surface area is 175 Å². The molecule has 0 aliphatic heterocycles. The monoisotopic (exact) mass is 394 g/mol. The predicted molar refractivity (Wildman–Crippen MR) is 121 cm³/mol. The van der Waals surface area contributed by atoms with Gasteiger partial charge in [-0.3, -0.25) is 9.59 Å². The van der Waals surface area contributed by atoms with Crippen molar-refractivity contribution in [2.75, 3.05) is 5.32 Å². The fourth-order valence-electron chi connectivity index (χ4n) is 3.41. The van der Waals surface area contributed by atoms with E-state index in [0.717, 1.165) is 28.6 Å². The molecule has 1 amide bonds. The molecule has 0 fully saturated rings. The number of nitrogens with one attached hydrogen (secondary N) is 1. The summed E-state index contributed by atoms with van der Waals surface area (Å²) >= 11 is 0. The van der Waals surface area contributed by atoms with Crippen LogP contribution >= 0.6 is 0 Å². The first kappa shape index (κ1) is 19.5. The first-order valence-electron chi connectivity index (χ1n) is 9.96. The number of hydrogen-bond acceptors (Lipinski definition) is 3. The fourth-order valence-corrected chi connectivity index (χ4v) is 3.41. The number of rotatable bonds is 5. The minimum atomic E-state index is -0.212. The lowest BCUT2D eigenvalue weighted by atomic mass is 10.0. The van der Waals surface area contributed by atoms with Crippen molar-refractivity contribution in [1.29, 1.82) is 0 Å². The Morgan fingerprint density at radius 3 is 2.27 bits per heavy atom. The van der Waals surface area contributed by atoms with Crippen LogP contribution in [0.3, 0.4) is 0 Å². The van der Waals surface area contributed by atoms with Gasteiger partial charge in [-0.05, 0) is 55.3 Å². The van der Waals surface area contributed by atoms with Gasteiger partial charge in [-0.15, -0.1) is 0 Å². The first-order valence-corrected chi connectivity index (χ1v) is 9.96. The van der Waals surface area contributed by atoms with Gasteiger partial charge < -0.3 is 5.32 Å². The molecule has 0 spiro atoms. The Balaban J connectivity index is 1.72. The Morgan fingerprint density at radius 1 is 0.900 bits per heavy atom. The Hall–Kier alpha value is -3.79. The number of carbonyl (C=O) groups excluding carboxylic acids is 2. The van der Waals surface area contributed by atoms with Crippen molar-refractivity contribution < 1.29 is 9.59 Å². The summed E-state index contributed by atoms with van der Waals surface area (Å²) in [5.41, 5.74) is 5.56.